The van der Waals surface area contributed by atoms with Gasteiger partial charge in [0, 0.05) is 25.2 Å². The maximum Gasteiger partial charge on any atom is 0.251 e. The van der Waals surface area contributed by atoms with E-state index in [2.05, 4.69) is 42.3 Å². The van der Waals surface area contributed by atoms with Crippen LogP contribution in [0.5, 0.6) is 0 Å². The number of amides is 1. The van der Waals surface area contributed by atoms with Gasteiger partial charge in [0.25, 0.3) is 5.91 Å². The van der Waals surface area contributed by atoms with Crippen molar-refractivity contribution in [3.8, 4) is 0 Å². The molecule has 1 N–H and O–H groups in total. The van der Waals surface area contributed by atoms with Crippen molar-refractivity contribution < 1.29 is 9.53 Å². The van der Waals surface area contributed by atoms with Gasteiger partial charge in [0.2, 0.25) is 0 Å². The summed E-state index contributed by atoms with van der Waals surface area (Å²) in [5.74, 6) is -0.0337. The van der Waals surface area contributed by atoms with Crippen molar-refractivity contribution in [2.45, 2.75) is 33.4 Å². The number of hydrogen-bond acceptors (Lipinski definition) is 3. The molecule has 0 bridgehead atoms. The first-order chi connectivity index (χ1) is 12.5. The molecule has 0 unspecified atom stereocenters. The van der Waals surface area contributed by atoms with Crippen LogP contribution >= 0.6 is 0 Å². The van der Waals surface area contributed by atoms with E-state index in [-0.39, 0.29) is 11.9 Å². The van der Waals surface area contributed by atoms with E-state index < -0.39 is 0 Å². The number of ether oxygens (including phenoxy) is 1. The number of hydrogen-bond donors (Lipinski definition) is 1. The Bertz CT molecular complexity index is 749. The summed E-state index contributed by atoms with van der Waals surface area (Å²) in [6, 6.07) is 14.2. The molecule has 2 aromatic carbocycles. The van der Waals surface area contributed by atoms with Crippen molar-refractivity contribution in [3.63, 3.8) is 0 Å². The first-order valence-corrected chi connectivity index (χ1v) is 9.30. The highest BCUT2D eigenvalue weighted by Gasteiger charge is 2.13. The number of rotatable bonds is 5. The molecule has 1 heterocycles. The first-order valence-electron chi connectivity index (χ1n) is 9.30. The van der Waals surface area contributed by atoms with Crippen molar-refractivity contribution in [1.29, 1.82) is 0 Å². The number of carbonyl (C=O) groups excluding carboxylic acids is 1. The van der Waals surface area contributed by atoms with E-state index >= 15 is 0 Å². The number of aryl methyl sites for hydroxylation is 2. The molecule has 1 saturated heterocycles. The zero-order valence-electron chi connectivity index (χ0n) is 15.9. The van der Waals surface area contributed by atoms with Gasteiger partial charge in [-0.05, 0) is 55.2 Å². The van der Waals surface area contributed by atoms with Gasteiger partial charge >= 0.3 is 0 Å². The van der Waals surface area contributed by atoms with Gasteiger partial charge in [-0.2, -0.15) is 0 Å². The van der Waals surface area contributed by atoms with Crippen molar-refractivity contribution in [3.05, 3.63) is 70.3 Å². The monoisotopic (exact) mass is 352 g/mol. The fourth-order valence-electron chi connectivity index (χ4n) is 3.18. The third kappa shape index (κ3) is 4.71. The largest absolute Gasteiger partial charge is 0.379 e. The van der Waals surface area contributed by atoms with E-state index in [9.17, 15) is 4.79 Å². The minimum absolute atomic E-state index is 0.0187. The lowest BCUT2D eigenvalue weighted by Gasteiger charge is -2.26. The minimum Gasteiger partial charge on any atom is -0.379 e. The summed E-state index contributed by atoms with van der Waals surface area (Å²) in [4.78, 5) is 14.9. The van der Waals surface area contributed by atoms with Gasteiger partial charge in [0.1, 0.15) is 0 Å². The van der Waals surface area contributed by atoms with E-state index in [1.807, 2.05) is 31.2 Å². The smallest absolute Gasteiger partial charge is 0.251 e. The number of morpholine rings is 1. The number of benzene rings is 2. The standard InChI is InChI=1S/C22H28N2O2/c1-16-4-7-21(14-17(16)2)18(3)23-22(25)20-8-5-19(6-9-20)15-24-10-12-26-13-11-24/h4-9,14,18H,10-13,15H2,1-3H3,(H,23,25)/t18-/m0/s1. The molecule has 1 amide bonds. The third-order valence-electron chi connectivity index (χ3n) is 5.10. The number of nitrogens with zero attached hydrogens (tertiary/aromatic N) is 1. The molecular formula is C22H28N2O2. The van der Waals surface area contributed by atoms with E-state index in [1.165, 1.54) is 16.7 Å². The van der Waals surface area contributed by atoms with Crippen LogP contribution in [0.15, 0.2) is 42.5 Å². The zero-order chi connectivity index (χ0) is 18.5. The van der Waals surface area contributed by atoms with E-state index in [0.717, 1.165) is 38.4 Å². The topological polar surface area (TPSA) is 41.6 Å². The maximum atomic E-state index is 12.5. The van der Waals surface area contributed by atoms with E-state index in [0.29, 0.717) is 5.56 Å². The molecule has 4 heteroatoms. The van der Waals surface area contributed by atoms with E-state index in [4.69, 9.17) is 4.74 Å². The van der Waals surface area contributed by atoms with Crippen molar-refractivity contribution in [2.75, 3.05) is 26.3 Å². The second-order valence-electron chi connectivity index (χ2n) is 7.12. The van der Waals surface area contributed by atoms with Crippen LogP contribution in [-0.2, 0) is 11.3 Å². The normalized spacial score (nSPS) is 16.3. The Morgan fingerprint density at radius 2 is 1.77 bits per heavy atom. The Kier molecular flexibility index (Phi) is 6.07. The molecule has 2 aromatic rings. The summed E-state index contributed by atoms with van der Waals surface area (Å²) in [6.45, 7) is 10.7. The first kappa shape index (κ1) is 18.6. The SMILES string of the molecule is Cc1ccc([C@H](C)NC(=O)c2ccc(CN3CCOCC3)cc2)cc1C. The second kappa shape index (κ2) is 8.47. The fraction of sp³-hybridized carbons (Fsp3) is 0.409. The molecule has 0 aliphatic carbocycles. The van der Waals surface area contributed by atoms with Crippen LogP contribution in [0.25, 0.3) is 0 Å². The molecule has 3 rings (SSSR count). The maximum absolute atomic E-state index is 12.5. The lowest BCUT2D eigenvalue weighted by atomic mass is 10.0. The van der Waals surface area contributed by atoms with Gasteiger partial charge < -0.3 is 10.1 Å². The minimum atomic E-state index is -0.0337. The Balaban J connectivity index is 1.59. The lowest BCUT2D eigenvalue weighted by molar-refractivity contribution is 0.0342. The van der Waals surface area contributed by atoms with Crippen LogP contribution in [0, 0.1) is 13.8 Å². The fourth-order valence-corrected chi connectivity index (χ4v) is 3.18. The van der Waals surface area contributed by atoms with Crippen LogP contribution < -0.4 is 5.32 Å². The number of nitrogens with one attached hydrogen (secondary N) is 1. The van der Waals surface area contributed by atoms with E-state index in [1.54, 1.807) is 0 Å². The predicted octanol–water partition coefficient (Wildman–Crippen LogP) is 3.63. The van der Waals surface area contributed by atoms with Gasteiger partial charge in [-0.15, -0.1) is 0 Å². The molecule has 0 radical (unpaired) electrons. The second-order valence-corrected chi connectivity index (χ2v) is 7.12. The number of carbonyl (C=O) groups is 1. The summed E-state index contributed by atoms with van der Waals surface area (Å²) in [7, 11) is 0. The average Bonchev–Trinajstić information content (AvgIpc) is 2.65. The molecule has 138 valence electrons. The molecule has 1 fully saturated rings. The van der Waals surface area contributed by atoms with Gasteiger partial charge in [-0.25, -0.2) is 0 Å². The van der Waals surface area contributed by atoms with Gasteiger partial charge in [-0.1, -0.05) is 30.3 Å². The quantitative estimate of drug-likeness (QED) is 0.893. The van der Waals surface area contributed by atoms with Crippen molar-refractivity contribution in [2.24, 2.45) is 0 Å². The van der Waals surface area contributed by atoms with Crippen LogP contribution in [0.1, 0.15) is 45.6 Å². The molecule has 0 spiro atoms. The highest BCUT2D eigenvalue weighted by atomic mass is 16.5. The molecular weight excluding hydrogens is 324 g/mol. The molecule has 0 aromatic heterocycles. The summed E-state index contributed by atoms with van der Waals surface area (Å²) in [5.41, 5.74) is 5.57. The van der Waals surface area contributed by atoms with Gasteiger partial charge in [0.05, 0.1) is 19.3 Å². The Morgan fingerprint density at radius 1 is 1.08 bits per heavy atom. The average molecular weight is 352 g/mol. The molecule has 1 atom stereocenters. The summed E-state index contributed by atoms with van der Waals surface area (Å²) in [5, 5.41) is 3.09. The van der Waals surface area contributed by atoms with Gasteiger partial charge in [0.15, 0.2) is 0 Å². The van der Waals surface area contributed by atoms with Crippen LogP contribution in [0.3, 0.4) is 0 Å². The lowest BCUT2D eigenvalue weighted by Crippen LogP contribution is -2.35. The van der Waals surface area contributed by atoms with Crippen LogP contribution in [0.2, 0.25) is 0 Å². The van der Waals surface area contributed by atoms with Crippen LogP contribution in [-0.4, -0.2) is 37.1 Å². The molecule has 4 nitrogen and oxygen atoms in total. The highest BCUT2D eigenvalue weighted by Crippen LogP contribution is 2.17. The molecule has 1 aliphatic heterocycles. The Morgan fingerprint density at radius 3 is 2.42 bits per heavy atom. The van der Waals surface area contributed by atoms with Gasteiger partial charge in [-0.3, -0.25) is 9.69 Å². The van der Waals surface area contributed by atoms with Crippen LogP contribution in [0.4, 0.5) is 0 Å². The summed E-state index contributed by atoms with van der Waals surface area (Å²) in [6.07, 6.45) is 0. The third-order valence-corrected chi connectivity index (χ3v) is 5.10. The predicted molar refractivity (Wildman–Crippen MR) is 104 cm³/mol. The van der Waals surface area contributed by atoms with Crippen molar-refractivity contribution in [1.82, 2.24) is 10.2 Å². The Labute approximate surface area is 156 Å². The summed E-state index contributed by atoms with van der Waals surface area (Å²) < 4.78 is 5.38. The Hall–Kier alpha value is -2.17. The molecule has 0 saturated carbocycles. The molecule has 26 heavy (non-hydrogen) atoms. The zero-order valence-corrected chi connectivity index (χ0v) is 15.9. The highest BCUT2D eigenvalue weighted by molar-refractivity contribution is 5.94. The van der Waals surface area contributed by atoms with Crippen molar-refractivity contribution >= 4 is 5.91 Å². The molecule has 1 aliphatic rings. The summed E-state index contributed by atoms with van der Waals surface area (Å²) >= 11 is 0.